The van der Waals surface area contributed by atoms with Crippen molar-refractivity contribution in [1.82, 2.24) is 10.2 Å². The maximum atomic E-state index is 12.3. The van der Waals surface area contributed by atoms with Crippen LogP contribution in [0.2, 0.25) is 0 Å². The zero-order valence-corrected chi connectivity index (χ0v) is 13.1. The van der Waals surface area contributed by atoms with Gasteiger partial charge in [0, 0.05) is 19.5 Å². The molecule has 0 saturated carbocycles. The van der Waals surface area contributed by atoms with E-state index in [4.69, 9.17) is 9.84 Å². The summed E-state index contributed by atoms with van der Waals surface area (Å²) in [5.41, 5.74) is 0.904. The van der Waals surface area contributed by atoms with Gasteiger partial charge in [-0.05, 0) is 30.5 Å². The first kappa shape index (κ1) is 17.1. The molecule has 3 N–H and O–H groups in total. The highest BCUT2D eigenvalue weighted by Gasteiger charge is 2.35. The Labute approximate surface area is 134 Å². The minimum absolute atomic E-state index is 0.0161. The highest BCUT2D eigenvalue weighted by Crippen LogP contribution is 2.33. The minimum atomic E-state index is -0.884. The number of carboxylic acids is 1. The number of likely N-dealkylation sites (tertiary alicyclic amines) is 1. The van der Waals surface area contributed by atoms with Crippen LogP contribution >= 0.6 is 0 Å². The first-order valence-electron chi connectivity index (χ1n) is 7.59. The fourth-order valence-corrected chi connectivity index (χ4v) is 2.74. The van der Waals surface area contributed by atoms with Crippen LogP contribution in [0, 0.1) is 0 Å². The van der Waals surface area contributed by atoms with Crippen molar-refractivity contribution in [2.24, 2.45) is 0 Å². The molecule has 7 heteroatoms. The molecule has 0 spiro atoms. The van der Waals surface area contributed by atoms with Gasteiger partial charge in [-0.15, -0.1) is 0 Å². The lowest BCUT2D eigenvalue weighted by molar-refractivity contribution is -0.137. The van der Waals surface area contributed by atoms with E-state index in [2.05, 4.69) is 5.32 Å². The van der Waals surface area contributed by atoms with E-state index in [1.165, 1.54) is 0 Å². The molecule has 1 aliphatic rings. The van der Waals surface area contributed by atoms with E-state index in [1.807, 2.05) is 24.3 Å². The predicted octanol–water partition coefficient (Wildman–Crippen LogP) is 1.38. The Morgan fingerprint density at radius 3 is 2.91 bits per heavy atom. The van der Waals surface area contributed by atoms with E-state index >= 15 is 0 Å². The molecule has 2 atom stereocenters. The third-order valence-electron chi connectivity index (χ3n) is 3.86. The summed E-state index contributed by atoms with van der Waals surface area (Å²) < 4.78 is 5.20. The average molecular weight is 322 g/mol. The van der Waals surface area contributed by atoms with E-state index in [0.29, 0.717) is 25.1 Å². The summed E-state index contributed by atoms with van der Waals surface area (Å²) in [5, 5.41) is 21.2. The largest absolute Gasteiger partial charge is 0.497 e. The van der Waals surface area contributed by atoms with Gasteiger partial charge in [0.15, 0.2) is 0 Å². The van der Waals surface area contributed by atoms with E-state index < -0.39 is 12.1 Å². The Morgan fingerprint density at radius 1 is 1.43 bits per heavy atom. The molecule has 0 aliphatic carbocycles. The number of ether oxygens (including phenoxy) is 1. The van der Waals surface area contributed by atoms with Gasteiger partial charge in [0.05, 0.1) is 19.3 Å². The molecule has 23 heavy (non-hydrogen) atoms. The van der Waals surface area contributed by atoms with Crippen LogP contribution in [-0.4, -0.2) is 53.4 Å². The predicted molar refractivity (Wildman–Crippen MR) is 83.3 cm³/mol. The number of amides is 2. The number of β-amino-alcohol motifs (C(OH)–C–C–N with tert-alkyl or cyclic N) is 1. The SMILES string of the molecule is COc1cccc(C2CC(O)CN2C(=O)NCCCC(=O)O)c1. The first-order chi connectivity index (χ1) is 11.0. The van der Waals surface area contributed by atoms with Crippen LogP contribution in [0.3, 0.4) is 0 Å². The summed E-state index contributed by atoms with van der Waals surface area (Å²) in [4.78, 5) is 24.4. The number of carboxylic acid groups (broad SMARTS) is 1. The summed E-state index contributed by atoms with van der Waals surface area (Å²) >= 11 is 0. The normalized spacial score (nSPS) is 20.3. The molecule has 0 radical (unpaired) electrons. The van der Waals surface area contributed by atoms with Crippen molar-refractivity contribution in [2.75, 3.05) is 20.2 Å². The maximum Gasteiger partial charge on any atom is 0.318 e. The van der Waals surface area contributed by atoms with Crippen LogP contribution in [0.4, 0.5) is 4.79 Å². The van der Waals surface area contributed by atoms with Crippen molar-refractivity contribution in [3.8, 4) is 5.75 Å². The van der Waals surface area contributed by atoms with Crippen LogP contribution in [0.15, 0.2) is 24.3 Å². The molecule has 0 bridgehead atoms. The summed E-state index contributed by atoms with van der Waals surface area (Å²) in [6.07, 6.45) is 0.287. The molecule has 0 aromatic heterocycles. The molecule has 2 rings (SSSR count). The van der Waals surface area contributed by atoms with Gasteiger partial charge >= 0.3 is 12.0 Å². The van der Waals surface area contributed by atoms with Crippen LogP contribution < -0.4 is 10.1 Å². The molecule has 2 unspecified atom stereocenters. The van der Waals surface area contributed by atoms with Crippen molar-refractivity contribution in [2.45, 2.75) is 31.4 Å². The van der Waals surface area contributed by atoms with E-state index in [1.54, 1.807) is 12.0 Å². The minimum Gasteiger partial charge on any atom is -0.497 e. The number of hydrogen-bond donors (Lipinski definition) is 3. The Morgan fingerprint density at radius 2 is 2.22 bits per heavy atom. The Balaban J connectivity index is 2.00. The fraction of sp³-hybridized carbons (Fsp3) is 0.500. The van der Waals surface area contributed by atoms with Crippen molar-refractivity contribution in [3.63, 3.8) is 0 Å². The number of nitrogens with zero attached hydrogens (tertiary/aromatic N) is 1. The topological polar surface area (TPSA) is 99.1 Å². The second-order valence-corrected chi connectivity index (χ2v) is 5.56. The Hall–Kier alpha value is -2.28. The van der Waals surface area contributed by atoms with Gasteiger partial charge in [0.2, 0.25) is 0 Å². The zero-order valence-electron chi connectivity index (χ0n) is 13.1. The molecule has 2 amide bonds. The summed E-state index contributed by atoms with van der Waals surface area (Å²) in [5.74, 6) is -0.184. The highest BCUT2D eigenvalue weighted by molar-refractivity contribution is 5.75. The van der Waals surface area contributed by atoms with Crippen molar-refractivity contribution in [1.29, 1.82) is 0 Å². The van der Waals surface area contributed by atoms with Crippen LogP contribution in [0.1, 0.15) is 30.9 Å². The first-order valence-corrected chi connectivity index (χ1v) is 7.59. The second kappa shape index (κ2) is 7.82. The van der Waals surface area contributed by atoms with Gasteiger partial charge in [-0.3, -0.25) is 4.79 Å². The number of nitrogens with one attached hydrogen (secondary N) is 1. The van der Waals surface area contributed by atoms with Crippen molar-refractivity contribution in [3.05, 3.63) is 29.8 Å². The smallest absolute Gasteiger partial charge is 0.318 e. The molecule has 1 saturated heterocycles. The zero-order chi connectivity index (χ0) is 16.8. The Kier molecular flexibility index (Phi) is 5.81. The monoisotopic (exact) mass is 322 g/mol. The second-order valence-electron chi connectivity index (χ2n) is 5.56. The number of rotatable bonds is 6. The third kappa shape index (κ3) is 4.59. The number of benzene rings is 1. The molecule has 1 aliphatic heterocycles. The summed E-state index contributed by atoms with van der Waals surface area (Å²) in [7, 11) is 1.58. The van der Waals surface area contributed by atoms with Gasteiger partial charge in [0.1, 0.15) is 5.75 Å². The lowest BCUT2D eigenvalue weighted by Gasteiger charge is -2.25. The molecule has 1 heterocycles. The molecule has 1 fully saturated rings. The van der Waals surface area contributed by atoms with Crippen molar-refractivity contribution >= 4 is 12.0 Å². The van der Waals surface area contributed by atoms with Crippen LogP contribution in [-0.2, 0) is 4.79 Å². The standard InChI is InChI=1S/C16H22N2O5/c1-23-13-5-2-4-11(8-13)14-9-12(19)10-18(14)16(22)17-7-3-6-15(20)21/h2,4-5,8,12,14,19H,3,6-7,9-10H2,1H3,(H,17,22)(H,20,21). The maximum absolute atomic E-state index is 12.3. The van der Waals surface area contributed by atoms with Gasteiger partial charge in [0.25, 0.3) is 0 Å². The van der Waals surface area contributed by atoms with E-state index in [-0.39, 0.29) is 25.0 Å². The summed E-state index contributed by atoms with van der Waals surface area (Å²) in [6, 6.07) is 6.91. The van der Waals surface area contributed by atoms with Gasteiger partial charge in [-0.2, -0.15) is 0 Å². The number of urea groups is 1. The molecular formula is C16H22N2O5. The number of methoxy groups -OCH3 is 1. The third-order valence-corrected chi connectivity index (χ3v) is 3.86. The fourth-order valence-electron chi connectivity index (χ4n) is 2.74. The molecule has 126 valence electrons. The van der Waals surface area contributed by atoms with Crippen LogP contribution in [0.5, 0.6) is 5.75 Å². The number of aliphatic hydroxyl groups excluding tert-OH is 1. The molecule has 1 aromatic carbocycles. The van der Waals surface area contributed by atoms with Gasteiger partial charge in [-0.1, -0.05) is 12.1 Å². The lowest BCUT2D eigenvalue weighted by atomic mass is 10.0. The lowest BCUT2D eigenvalue weighted by Crippen LogP contribution is -2.40. The number of aliphatic carboxylic acids is 1. The number of hydrogen-bond acceptors (Lipinski definition) is 4. The average Bonchev–Trinajstić information content (AvgIpc) is 2.93. The van der Waals surface area contributed by atoms with E-state index in [9.17, 15) is 14.7 Å². The summed E-state index contributed by atoms with van der Waals surface area (Å²) in [6.45, 7) is 0.551. The molecule has 1 aromatic rings. The number of carbonyl (C=O) groups is 2. The van der Waals surface area contributed by atoms with Crippen molar-refractivity contribution < 1.29 is 24.5 Å². The van der Waals surface area contributed by atoms with E-state index in [0.717, 1.165) is 5.56 Å². The Bertz CT molecular complexity index is 563. The molecular weight excluding hydrogens is 300 g/mol. The molecule has 7 nitrogen and oxygen atoms in total. The number of aliphatic hydroxyl groups is 1. The highest BCUT2D eigenvalue weighted by atomic mass is 16.5. The number of carbonyl (C=O) groups excluding carboxylic acids is 1. The van der Waals surface area contributed by atoms with Gasteiger partial charge in [-0.25, -0.2) is 4.79 Å². The quantitative estimate of drug-likeness (QED) is 0.687. The van der Waals surface area contributed by atoms with Crippen LogP contribution in [0.25, 0.3) is 0 Å². The van der Waals surface area contributed by atoms with Gasteiger partial charge < -0.3 is 25.2 Å².